The third-order valence-corrected chi connectivity index (χ3v) is 2.05. The lowest BCUT2D eigenvalue weighted by molar-refractivity contribution is 0.0625. The molecule has 0 aliphatic rings. The maximum atomic E-state index is 6.01. The first-order chi connectivity index (χ1) is 6.56. The highest BCUT2D eigenvalue weighted by Crippen LogP contribution is 1.99. The molecule has 0 bridgehead atoms. The predicted molar refractivity (Wildman–Crippen MR) is 60.1 cm³/mol. The summed E-state index contributed by atoms with van der Waals surface area (Å²) in [5.74, 6) is 0. The van der Waals surface area contributed by atoms with Crippen molar-refractivity contribution in [1.29, 1.82) is 0 Å². The van der Waals surface area contributed by atoms with Crippen molar-refractivity contribution in [3.63, 3.8) is 0 Å². The van der Waals surface area contributed by atoms with E-state index in [2.05, 4.69) is 4.90 Å². The highest BCUT2D eigenvalue weighted by molar-refractivity contribution is 6.20. The number of methoxy groups -OCH3 is 1. The minimum atomic E-state index is 0.0593. The van der Waals surface area contributed by atoms with Crippen LogP contribution in [-0.2, 0) is 9.47 Å². The van der Waals surface area contributed by atoms with E-state index >= 15 is 0 Å². The molecule has 0 N–H and O–H groups in total. The second-order valence-corrected chi connectivity index (χ2v) is 4.35. The summed E-state index contributed by atoms with van der Waals surface area (Å²) >= 11 is 6.01. The Morgan fingerprint density at radius 3 is 2.50 bits per heavy atom. The maximum absolute atomic E-state index is 6.01. The van der Waals surface area contributed by atoms with Crippen molar-refractivity contribution in [1.82, 2.24) is 4.90 Å². The zero-order valence-electron chi connectivity index (χ0n) is 9.62. The summed E-state index contributed by atoms with van der Waals surface area (Å²) in [4.78, 5) is 2.15. The molecule has 0 amide bonds. The van der Waals surface area contributed by atoms with E-state index in [0.717, 1.165) is 19.7 Å². The molecule has 0 aromatic carbocycles. The van der Waals surface area contributed by atoms with Crippen LogP contribution in [0.15, 0.2) is 0 Å². The molecule has 3 nitrogen and oxygen atoms in total. The fourth-order valence-electron chi connectivity index (χ4n) is 1.11. The highest BCUT2D eigenvalue weighted by atomic mass is 35.5. The van der Waals surface area contributed by atoms with Crippen LogP contribution in [0.2, 0.25) is 0 Å². The summed E-state index contributed by atoms with van der Waals surface area (Å²) in [6.45, 7) is 7.16. The Kier molecular flexibility index (Phi) is 8.58. The van der Waals surface area contributed by atoms with Crippen molar-refractivity contribution in [2.75, 3.05) is 40.5 Å². The minimum Gasteiger partial charge on any atom is -0.383 e. The zero-order valence-corrected chi connectivity index (χ0v) is 10.4. The number of alkyl halides is 1. The van der Waals surface area contributed by atoms with Gasteiger partial charge in [-0.3, -0.25) is 0 Å². The van der Waals surface area contributed by atoms with Gasteiger partial charge in [-0.05, 0) is 20.9 Å². The quantitative estimate of drug-likeness (QED) is 0.584. The summed E-state index contributed by atoms with van der Waals surface area (Å²) in [6.07, 6.45) is 0.300. The fraction of sp³-hybridized carbons (Fsp3) is 1.00. The van der Waals surface area contributed by atoms with E-state index in [-0.39, 0.29) is 5.38 Å². The van der Waals surface area contributed by atoms with Crippen LogP contribution < -0.4 is 0 Å². The van der Waals surface area contributed by atoms with Crippen molar-refractivity contribution < 1.29 is 9.47 Å². The second kappa shape index (κ2) is 8.48. The first kappa shape index (κ1) is 14.2. The molecule has 0 aromatic heterocycles. The van der Waals surface area contributed by atoms with Gasteiger partial charge in [-0.25, -0.2) is 0 Å². The van der Waals surface area contributed by atoms with Crippen LogP contribution in [0.25, 0.3) is 0 Å². The molecule has 0 aliphatic carbocycles. The molecule has 0 saturated carbocycles. The van der Waals surface area contributed by atoms with Crippen LogP contribution in [0.5, 0.6) is 0 Å². The smallest absolute Gasteiger partial charge is 0.0696 e. The van der Waals surface area contributed by atoms with E-state index in [9.17, 15) is 0 Å². The standard InChI is InChI=1S/C10H22ClNO2/c1-9(2)14-6-5-12(3)7-10(11)8-13-4/h9-10H,5-8H2,1-4H3. The molecule has 0 aliphatic heterocycles. The summed E-state index contributed by atoms with van der Waals surface area (Å²) in [7, 11) is 3.70. The second-order valence-electron chi connectivity index (χ2n) is 3.73. The van der Waals surface area contributed by atoms with Crippen molar-refractivity contribution in [2.24, 2.45) is 0 Å². The first-order valence-electron chi connectivity index (χ1n) is 4.99. The van der Waals surface area contributed by atoms with E-state index < -0.39 is 0 Å². The van der Waals surface area contributed by atoms with Gasteiger partial charge in [-0.15, -0.1) is 11.6 Å². The largest absolute Gasteiger partial charge is 0.383 e. The maximum Gasteiger partial charge on any atom is 0.0696 e. The molecule has 1 unspecified atom stereocenters. The van der Waals surface area contributed by atoms with Crippen LogP contribution >= 0.6 is 11.6 Å². The SMILES string of the molecule is COCC(Cl)CN(C)CCOC(C)C. The summed E-state index contributed by atoms with van der Waals surface area (Å²) in [6, 6.07) is 0. The van der Waals surface area contributed by atoms with Crippen LogP contribution in [0.4, 0.5) is 0 Å². The third-order valence-electron chi connectivity index (χ3n) is 1.78. The fourth-order valence-corrected chi connectivity index (χ4v) is 1.47. The van der Waals surface area contributed by atoms with E-state index in [1.54, 1.807) is 7.11 Å². The Morgan fingerprint density at radius 2 is 2.00 bits per heavy atom. The van der Waals surface area contributed by atoms with Crippen molar-refractivity contribution >= 4 is 11.6 Å². The van der Waals surface area contributed by atoms with Gasteiger partial charge in [0.1, 0.15) is 0 Å². The lowest BCUT2D eigenvalue weighted by Gasteiger charge is -2.20. The topological polar surface area (TPSA) is 21.7 Å². The zero-order chi connectivity index (χ0) is 11.0. The van der Waals surface area contributed by atoms with E-state index in [1.807, 2.05) is 20.9 Å². The van der Waals surface area contributed by atoms with Crippen LogP contribution in [0.1, 0.15) is 13.8 Å². The first-order valence-corrected chi connectivity index (χ1v) is 5.43. The molecule has 4 heteroatoms. The molecule has 0 saturated heterocycles. The Labute approximate surface area is 92.3 Å². The summed E-state index contributed by atoms with van der Waals surface area (Å²) < 4.78 is 10.4. The third kappa shape index (κ3) is 8.75. The van der Waals surface area contributed by atoms with Gasteiger partial charge < -0.3 is 14.4 Å². The Morgan fingerprint density at radius 1 is 1.36 bits per heavy atom. The van der Waals surface area contributed by atoms with Crippen molar-refractivity contribution in [2.45, 2.75) is 25.3 Å². The number of halogens is 1. The van der Waals surface area contributed by atoms with Crippen molar-refractivity contribution in [3.8, 4) is 0 Å². The lowest BCUT2D eigenvalue weighted by atomic mass is 10.4. The Balaban J connectivity index is 3.39. The number of ether oxygens (including phenoxy) is 2. The lowest BCUT2D eigenvalue weighted by Crippen LogP contribution is -2.31. The molecule has 0 radical (unpaired) electrons. The molecular formula is C10H22ClNO2. The van der Waals surface area contributed by atoms with Crippen LogP contribution in [-0.4, -0.2) is 56.8 Å². The predicted octanol–water partition coefficient (Wildman–Crippen LogP) is 1.60. The average Bonchev–Trinajstić information content (AvgIpc) is 2.03. The van der Waals surface area contributed by atoms with E-state index in [0.29, 0.717) is 12.7 Å². The van der Waals surface area contributed by atoms with Crippen LogP contribution in [0, 0.1) is 0 Å². The molecule has 0 spiro atoms. The molecule has 0 fully saturated rings. The van der Waals surface area contributed by atoms with Gasteiger partial charge in [0, 0.05) is 20.2 Å². The number of nitrogens with zero attached hydrogens (tertiary/aromatic N) is 1. The molecule has 86 valence electrons. The molecule has 0 aromatic rings. The molecule has 0 heterocycles. The molecule has 1 atom stereocenters. The highest BCUT2D eigenvalue weighted by Gasteiger charge is 2.07. The van der Waals surface area contributed by atoms with Gasteiger partial charge in [0.15, 0.2) is 0 Å². The van der Waals surface area contributed by atoms with Crippen LogP contribution in [0.3, 0.4) is 0 Å². The molecule has 14 heavy (non-hydrogen) atoms. The van der Waals surface area contributed by atoms with Gasteiger partial charge in [0.05, 0.1) is 24.7 Å². The number of rotatable bonds is 8. The molecule has 0 rings (SSSR count). The normalized spacial score (nSPS) is 13.9. The monoisotopic (exact) mass is 223 g/mol. The Hall–Kier alpha value is 0.170. The van der Waals surface area contributed by atoms with Gasteiger partial charge >= 0.3 is 0 Å². The number of likely N-dealkylation sites (N-methyl/N-ethyl adjacent to an activating group) is 1. The van der Waals surface area contributed by atoms with E-state index in [4.69, 9.17) is 21.1 Å². The van der Waals surface area contributed by atoms with Gasteiger partial charge in [-0.2, -0.15) is 0 Å². The van der Waals surface area contributed by atoms with Gasteiger partial charge in [0.25, 0.3) is 0 Å². The number of hydrogen-bond acceptors (Lipinski definition) is 3. The summed E-state index contributed by atoms with van der Waals surface area (Å²) in [5, 5.41) is 0.0593. The minimum absolute atomic E-state index is 0.0593. The molecular weight excluding hydrogens is 202 g/mol. The average molecular weight is 224 g/mol. The van der Waals surface area contributed by atoms with Gasteiger partial charge in [0.2, 0.25) is 0 Å². The Bertz CT molecular complexity index is 133. The summed E-state index contributed by atoms with van der Waals surface area (Å²) in [5.41, 5.74) is 0. The van der Waals surface area contributed by atoms with Gasteiger partial charge in [-0.1, -0.05) is 0 Å². The van der Waals surface area contributed by atoms with E-state index in [1.165, 1.54) is 0 Å². The van der Waals surface area contributed by atoms with Crippen molar-refractivity contribution in [3.05, 3.63) is 0 Å². The number of hydrogen-bond donors (Lipinski definition) is 0.